The highest BCUT2D eigenvalue weighted by molar-refractivity contribution is 5.51. The summed E-state index contributed by atoms with van der Waals surface area (Å²) in [6.07, 6.45) is 9.43. The number of anilines is 1. The number of rotatable bonds is 1. The van der Waals surface area contributed by atoms with Crippen molar-refractivity contribution in [1.82, 2.24) is 0 Å². The van der Waals surface area contributed by atoms with Gasteiger partial charge in [0.25, 0.3) is 0 Å². The van der Waals surface area contributed by atoms with Crippen LogP contribution in [-0.2, 0) is 12.8 Å². The minimum Gasteiger partial charge on any atom is -0.385 e. The molecule has 0 spiro atoms. The molecule has 98 valence electrons. The first-order valence-electron chi connectivity index (χ1n) is 7.16. The van der Waals surface area contributed by atoms with Crippen molar-refractivity contribution in [2.75, 3.05) is 12.4 Å². The molecular formula is C16H23NO. The number of hydrogen-bond acceptors (Lipinski definition) is 2. The van der Waals surface area contributed by atoms with Crippen molar-refractivity contribution < 1.29 is 0 Å². The molecule has 0 fully saturated rings. The average molecular weight is 245 g/mol. The summed E-state index contributed by atoms with van der Waals surface area (Å²) < 4.78 is 0. The zero-order valence-corrected chi connectivity index (χ0v) is 11.3. The van der Waals surface area contributed by atoms with Gasteiger partial charge in [0.1, 0.15) is 0 Å². The molecule has 0 saturated carbocycles. The summed E-state index contributed by atoms with van der Waals surface area (Å²) in [4.78, 5) is 12.4. The maximum Gasteiger partial charge on any atom is 0.205 e. The van der Waals surface area contributed by atoms with Crippen LogP contribution in [0.25, 0.3) is 0 Å². The van der Waals surface area contributed by atoms with Gasteiger partial charge in [-0.3, -0.25) is 4.79 Å². The Hall–Kier alpha value is -1.31. The van der Waals surface area contributed by atoms with Crippen molar-refractivity contribution in [3.05, 3.63) is 39.5 Å². The highest BCUT2D eigenvalue weighted by Gasteiger charge is 2.08. The molecule has 2 bridgehead atoms. The molecule has 0 heterocycles. The molecule has 2 rings (SSSR count). The molecule has 0 saturated heterocycles. The first-order chi connectivity index (χ1) is 8.83. The van der Waals surface area contributed by atoms with Crippen LogP contribution in [0.4, 0.5) is 5.69 Å². The van der Waals surface area contributed by atoms with Crippen LogP contribution in [0.1, 0.15) is 49.7 Å². The Morgan fingerprint density at radius 2 is 1.44 bits per heavy atom. The molecule has 0 atom stereocenters. The van der Waals surface area contributed by atoms with E-state index in [1.54, 1.807) is 0 Å². The van der Waals surface area contributed by atoms with Crippen LogP contribution in [0, 0.1) is 0 Å². The van der Waals surface area contributed by atoms with E-state index in [-0.39, 0.29) is 5.43 Å². The molecule has 0 aliphatic heterocycles. The van der Waals surface area contributed by atoms with Crippen molar-refractivity contribution in [2.24, 2.45) is 0 Å². The van der Waals surface area contributed by atoms with E-state index in [4.69, 9.17) is 0 Å². The molecule has 0 unspecified atom stereocenters. The second-order valence-electron chi connectivity index (χ2n) is 5.15. The summed E-state index contributed by atoms with van der Waals surface area (Å²) >= 11 is 0. The molecule has 1 aliphatic carbocycles. The SMILES string of the molecule is CNc1c2cccc(c1=O)CCCCCCCC2. The number of fused-ring (bicyclic) bond motifs is 3. The molecule has 2 heteroatoms. The third kappa shape index (κ3) is 3.12. The first kappa shape index (κ1) is 13.1. The summed E-state index contributed by atoms with van der Waals surface area (Å²) in [5, 5.41) is 3.12. The van der Waals surface area contributed by atoms with Crippen LogP contribution in [0.2, 0.25) is 0 Å². The van der Waals surface area contributed by atoms with E-state index in [2.05, 4.69) is 11.4 Å². The maximum atomic E-state index is 12.4. The van der Waals surface area contributed by atoms with Crippen molar-refractivity contribution in [3.8, 4) is 0 Å². The van der Waals surface area contributed by atoms with E-state index in [9.17, 15) is 4.79 Å². The minimum absolute atomic E-state index is 0.207. The van der Waals surface area contributed by atoms with E-state index in [0.29, 0.717) is 0 Å². The van der Waals surface area contributed by atoms with Crippen molar-refractivity contribution >= 4 is 5.69 Å². The van der Waals surface area contributed by atoms with E-state index in [0.717, 1.165) is 30.5 Å². The summed E-state index contributed by atoms with van der Waals surface area (Å²) in [6, 6.07) is 6.16. The van der Waals surface area contributed by atoms with Crippen molar-refractivity contribution in [3.63, 3.8) is 0 Å². The van der Waals surface area contributed by atoms with Gasteiger partial charge in [-0.1, -0.05) is 43.9 Å². The molecular weight excluding hydrogens is 222 g/mol. The summed E-state index contributed by atoms with van der Waals surface area (Å²) in [7, 11) is 1.86. The number of aryl methyl sites for hydroxylation is 2. The highest BCUT2D eigenvalue weighted by atomic mass is 16.1. The van der Waals surface area contributed by atoms with Gasteiger partial charge in [-0.05, 0) is 31.2 Å². The van der Waals surface area contributed by atoms with Crippen LogP contribution < -0.4 is 10.7 Å². The van der Waals surface area contributed by atoms with Gasteiger partial charge in [-0.15, -0.1) is 0 Å². The van der Waals surface area contributed by atoms with Gasteiger partial charge in [-0.25, -0.2) is 0 Å². The minimum atomic E-state index is 0.207. The summed E-state index contributed by atoms with van der Waals surface area (Å²) in [5.74, 6) is 0. The van der Waals surface area contributed by atoms with E-state index in [1.807, 2.05) is 19.2 Å². The van der Waals surface area contributed by atoms with Gasteiger partial charge in [0.2, 0.25) is 5.43 Å². The summed E-state index contributed by atoms with van der Waals surface area (Å²) in [5.41, 5.74) is 3.16. The van der Waals surface area contributed by atoms with E-state index < -0.39 is 0 Å². The normalized spacial score (nSPS) is 16.7. The largest absolute Gasteiger partial charge is 0.385 e. The van der Waals surface area contributed by atoms with Crippen LogP contribution >= 0.6 is 0 Å². The Balaban J connectivity index is 2.43. The summed E-state index contributed by atoms with van der Waals surface area (Å²) in [6.45, 7) is 0. The van der Waals surface area contributed by atoms with E-state index >= 15 is 0 Å². The molecule has 1 aliphatic rings. The third-order valence-electron chi connectivity index (χ3n) is 3.83. The van der Waals surface area contributed by atoms with Crippen LogP contribution in [-0.4, -0.2) is 7.05 Å². The Labute approximate surface area is 109 Å². The first-order valence-corrected chi connectivity index (χ1v) is 7.16. The Bertz CT molecular complexity index is 453. The maximum absolute atomic E-state index is 12.4. The number of hydrogen-bond donors (Lipinski definition) is 1. The van der Waals surface area contributed by atoms with Gasteiger partial charge in [0, 0.05) is 12.6 Å². The second kappa shape index (κ2) is 6.58. The quantitative estimate of drug-likeness (QED) is 0.820. The highest BCUT2D eigenvalue weighted by Crippen LogP contribution is 2.17. The van der Waals surface area contributed by atoms with Crippen LogP contribution in [0.15, 0.2) is 23.0 Å². The Kier molecular flexibility index (Phi) is 4.80. The van der Waals surface area contributed by atoms with Gasteiger partial charge in [-0.2, -0.15) is 0 Å². The lowest BCUT2D eigenvalue weighted by molar-refractivity contribution is 0.592. The lowest BCUT2D eigenvalue weighted by Crippen LogP contribution is -2.13. The van der Waals surface area contributed by atoms with Crippen LogP contribution in [0.5, 0.6) is 0 Å². The Morgan fingerprint density at radius 1 is 0.889 bits per heavy atom. The molecule has 2 nitrogen and oxygen atoms in total. The van der Waals surface area contributed by atoms with E-state index in [1.165, 1.54) is 37.7 Å². The lowest BCUT2D eigenvalue weighted by atomic mass is 10.0. The molecule has 0 amide bonds. The fourth-order valence-corrected chi connectivity index (χ4v) is 2.76. The van der Waals surface area contributed by atoms with Crippen molar-refractivity contribution in [2.45, 2.75) is 51.4 Å². The predicted molar refractivity (Wildman–Crippen MR) is 77.4 cm³/mol. The smallest absolute Gasteiger partial charge is 0.205 e. The fourth-order valence-electron chi connectivity index (χ4n) is 2.76. The topological polar surface area (TPSA) is 29.1 Å². The Morgan fingerprint density at radius 3 is 2.11 bits per heavy atom. The third-order valence-corrected chi connectivity index (χ3v) is 3.83. The molecule has 18 heavy (non-hydrogen) atoms. The molecule has 1 N–H and O–H groups in total. The average Bonchev–Trinajstić information content (AvgIpc) is 2.50. The molecule has 1 aromatic rings. The fraction of sp³-hybridized carbons (Fsp3) is 0.562. The predicted octanol–water partition coefficient (Wildman–Crippen LogP) is 3.53. The zero-order valence-electron chi connectivity index (χ0n) is 11.3. The molecule has 0 radical (unpaired) electrons. The van der Waals surface area contributed by atoms with Gasteiger partial charge in [0.05, 0.1) is 5.69 Å². The number of nitrogens with one attached hydrogen (secondary N) is 1. The zero-order chi connectivity index (χ0) is 12.8. The molecule has 0 aromatic heterocycles. The van der Waals surface area contributed by atoms with Crippen molar-refractivity contribution in [1.29, 1.82) is 0 Å². The van der Waals surface area contributed by atoms with Gasteiger partial charge < -0.3 is 5.32 Å². The van der Waals surface area contributed by atoms with Gasteiger partial charge in [0.15, 0.2) is 0 Å². The molecule has 1 aromatic carbocycles. The lowest BCUT2D eigenvalue weighted by Gasteiger charge is -2.08. The van der Waals surface area contributed by atoms with Crippen LogP contribution in [0.3, 0.4) is 0 Å². The van der Waals surface area contributed by atoms with Gasteiger partial charge >= 0.3 is 0 Å². The monoisotopic (exact) mass is 245 g/mol. The second-order valence-corrected chi connectivity index (χ2v) is 5.15. The standard InChI is InChI=1S/C16H23NO/c1-17-15-13-9-6-4-2-3-5-7-10-14(16(15)18)12-8-11-13/h8,11-12H,2-7,9-10H2,1H3,(H,17,18).